The monoisotopic (exact) mass is 334 g/mol. The third-order valence-corrected chi connectivity index (χ3v) is 5.50. The minimum Gasteiger partial charge on any atom is -0.293 e. The molecule has 3 heteroatoms. The predicted molar refractivity (Wildman–Crippen MR) is 83.1 cm³/mol. The van der Waals surface area contributed by atoms with Crippen LogP contribution >= 0.6 is 27.3 Å². The van der Waals surface area contributed by atoms with Crippen LogP contribution in [-0.4, -0.2) is 5.78 Å². The van der Waals surface area contributed by atoms with Gasteiger partial charge in [0, 0.05) is 16.3 Å². The van der Waals surface area contributed by atoms with Crippen LogP contribution in [0, 0.1) is 0 Å². The summed E-state index contributed by atoms with van der Waals surface area (Å²) in [7, 11) is 0. The lowest BCUT2D eigenvalue weighted by Gasteiger charge is -2.24. The number of hydrogen-bond donors (Lipinski definition) is 0. The molecule has 2 aromatic rings. The van der Waals surface area contributed by atoms with Crippen molar-refractivity contribution in [3.8, 4) is 0 Å². The van der Waals surface area contributed by atoms with Crippen molar-refractivity contribution in [1.82, 2.24) is 0 Å². The van der Waals surface area contributed by atoms with E-state index in [1.54, 1.807) is 0 Å². The molecule has 0 saturated carbocycles. The second-order valence-corrected chi connectivity index (χ2v) is 6.87. The number of ketones is 1. The number of benzene rings is 1. The summed E-state index contributed by atoms with van der Waals surface area (Å²) in [6, 6.07) is 10.5. The number of aryl methyl sites for hydroxylation is 1. The van der Waals surface area contributed by atoms with Gasteiger partial charge in [-0.1, -0.05) is 24.3 Å². The molecule has 1 heterocycles. The number of carbonyl (C=O) groups excluding carboxylic acids is 1. The summed E-state index contributed by atoms with van der Waals surface area (Å²) < 4.78 is 1.00. The number of Topliss-reactive ketones (excluding diaryl/α,β-unsaturated/α-hetero) is 1. The smallest absolute Gasteiger partial charge is 0.173 e. The highest BCUT2D eigenvalue weighted by Crippen LogP contribution is 2.35. The molecule has 0 fully saturated rings. The first-order chi connectivity index (χ1) is 9.24. The maximum absolute atomic E-state index is 12.3. The van der Waals surface area contributed by atoms with Gasteiger partial charge in [0.1, 0.15) is 0 Å². The van der Waals surface area contributed by atoms with Crippen LogP contribution in [0.4, 0.5) is 0 Å². The van der Waals surface area contributed by atoms with Crippen LogP contribution in [0.3, 0.4) is 0 Å². The maximum atomic E-state index is 12.3. The Kier molecular flexibility index (Phi) is 3.85. The Labute approximate surface area is 125 Å². The van der Waals surface area contributed by atoms with E-state index in [-0.39, 0.29) is 5.78 Å². The lowest BCUT2D eigenvalue weighted by atomic mass is 9.80. The standard InChI is InChI=1S/C16H15BrOS/c17-13-9-16(19-10-13)15(18)8-12-6-3-5-11-4-1-2-7-14(11)12/h1-2,4,7,9-10,12H,3,5-6,8H2. The summed E-state index contributed by atoms with van der Waals surface area (Å²) in [5, 5.41) is 1.97. The highest BCUT2D eigenvalue weighted by molar-refractivity contribution is 9.10. The Morgan fingerprint density at radius 1 is 1.37 bits per heavy atom. The Bertz CT molecular complexity index is 602. The van der Waals surface area contributed by atoms with Crippen LogP contribution in [0.1, 0.15) is 46.0 Å². The fourth-order valence-corrected chi connectivity index (χ4v) is 4.23. The van der Waals surface area contributed by atoms with Crippen molar-refractivity contribution >= 4 is 33.0 Å². The van der Waals surface area contributed by atoms with Gasteiger partial charge in [0.05, 0.1) is 4.88 Å². The van der Waals surface area contributed by atoms with Crippen molar-refractivity contribution in [1.29, 1.82) is 0 Å². The normalized spacial score (nSPS) is 18.1. The van der Waals surface area contributed by atoms with Gasteiger partial charge in [0.15, 0.2) is 5.78 Å². The van der Waals surface area contributed by atoms with Gasteiger partial charge >= 0.3 is 0 Å². The number of halogens is 1. The average Bonchev–Trinajstić information content (AvgIpc) is 2.86. The van der Waals surface area contributed by atoms with Gasteiger partial charge in [-0.2, -0.15) is 0 Å². The number of rotatable bonds is 3. The van der Waals surface area contributed by atoms with E-state index in [0.29, 0.717) is 12.3 Å². The molecule has 19 heavy (non-hydrogen) atoms. The van der Waals surface area contributed by atoms with Gasteiger partial charge < -0.3 is 0 Å². The number of fused-ring (bicyclic) bond motifs is 1. The zero-order chi connectivity index (χ0) is 13.2. The first-order valence-corrected chi connectivity index (χ1v) is 8.26. The molecule has 1 unspecified atom stereocenters. The lowest BCUT2D eigenvalue weighted by molar-refractivity contribution is 0.0975. The van der Waals surface area contributed by atoms with Crippen LogP contribution < -0.4 is 0 Å². The fourth-order valence-electron chi connectivity index (χ4n) is 2.85. The van der Waals surface area contributed by atoms with Crippen LogP contribution in [0.15, 0.2) is 40.2 Å². The van der Waals surface area contributed by atoms with Crippen LogP contribution in [0.25, 0.3) is 0 Å². The van der Waals surface area contributed by atoms with Gasteiger partial charge in [0.2, 0.25) is 0 Å². The number of hydrogen-bond acceptors (Lipinski definition) is 2. The molecule has 1 atom stereocenters. The third-order valence-electron chi connectivity index (χ3n) is 3.77. The Hall–Kier alpha value is -0.930. The van der Waals surface area contributed by atoms with Crippen molar-refractivity contribution in [3.05, 3.63) is 56.2 Å². The SMILES string of the molecule is O=C(CC1CCCc2ccccc21)c1cc(Br)cs1. The van der Waals surface area contributed by atoms with Crippen LogP contribution in [0.5, 0.6) is 0 Å². The van der Waals surface area contributed by atoms with Gasteiger partial charge in [-0.3, -0.25) is 4.79 Å². The van der Waals surface area contributed by atoms with E-state index in [1.807, 2.05) is 11.4 Å². The summed E-state index contributed by atoms with van der Waals surface area (Å²) in [5.41, 5.74) is 2.82. The van der Waals surface area contributed by atoms with Gasteiger partial charge in [-0.15, -0.1) is 11.3 Å². The van der Waals surface area contributed by atoms with Crippen molar-refractivity contribution in [2.45, 2.75) is 31.6 Å². The summed E-state index contributed by atoms with van der Waals surface area (Å²) in [6.07, 6.45) is 4.13. The molecule has 0 spiro atoms. The van der Waals surface area contributed by atoms with E-state index in [9.17, 15) is 4.79 Å². The minimum absolute atomic E-state index is 0.275. The molecule has 1 aliphatic rings. The van der Waals surface area contributed by atoms with E-state index < -0.39 is 0 Å². The van der Waals surface area contributed by atoms with E-state index in [4.69, 9.17) is 0 Å². The van der Waals surface area contributed by atoms with Gasteiger partial charge in [0.25, 0.3) is 0 Å². The van der Waals surface area contributed by atoms with Crippen molar-refractivity contribution < 1.29 is 4.79 Å². The fraction of sp³-hybridized carbons (Fsp3) is 0.312. The van der Waals surface area contributed by atoms with Gasteiger partial charge in [-0.05, 0) is 58.3 Å². The minimum atomic E-state index is 0.275. The zero-order valence-corrected chi connectivity index (χ0v) is 13.0. The largest absolute Gasteiger partial charge is 0.293 e. The Morgan fingerprint density at radius 2 is 2.21 bits per heavy atom. The molecule has 0 bridgehead atoms. The number of thiophene rings is 1. The Morgan fingerprint density at radius 3 is 3.00 bits per heavy atom. The van der Waals surface area contributed by atoms with Crippen LogP contribution in [-0.2, 0) is 6.42 Å². The topological polar surface area (TPSA) is 17.1 Å². The molecule has 0 radical (unpaired) electrons. The molecule has 3 rings (SSSR count). The molecule has 0 amide bonds. The number of carbonyl (C=O) groups is 1. The van der Waals surface area contributed by atoms with Crippen LogP contribution in [0.2, 0.25) is 0 Å². The molecular weight excluding hydrogens is 320 g/mol. The maximum Gasteiger partial charge on any atom is 0.173 e. The van der Waals surface area contributed by atoms with Gasteiger partial charge in [-0.25, -0.2) is 0 Å². The third kappa shape index (κ3) is 2.82. The molecule has 1 aliphatic carbocycles. The molecule has 1 aromatic carbocycles. The highest BCUT2D eigenvalue weighted by atomic mass is 79.9. The summed E-state index contributed by atoms with van der Waals surface area (Å²) in [5.74, 6) is 0.677. The van der Waals surface area contributed by atoms with E-state index in [2.05, 4.69) is 40.2 Å². The zero-order valence-electron chi connectivity index (χ0n) is 10.6. The predicted octanol–water partition coefficient (Wildman–Crippen LogP) is 5.20. The quantitative estimate of drug-likeness (QED) is 0.704. The molecule has 1 aromatic heterocycles. The van der Waals surface area contributed by atoms with Crippen molar-refractivity contribution in [2.24, 2.45) is 0 Å². The summed E-state index contributed by atoms with van der Waals surface area (Å²) in [4.78, 5) is 13.2. The van der Waals surface area contributed by atoms with Crippen molar-refractivity contribution in [2.75, 3.05) is 0 Å². The highest BCUT2D eigenvalue weighted by Gasteiger charge is 2.23. The van der Waals surface area contributed by atoms with E-state index >= 15 is 0 Å². The Balaban J connectivity index is 1.79. The summed E-state index contributed by atoms with van der Waals surface area (Å²) in [6.45, 7) is 0. The van der Waals surface area contributed by atoms with E-state index in [1.165, 1.54) is 28.9 Å². The first kappa shape index (κ1) is 13.1. The molecule has 98 valence electrons. The molecular formula is C16H15BrOS. The first-order valence-electron chi connectivity index (χ1n) is 6.59. The molecule has 0 aliphatic heterocycles. The second kappa shape index (κ2) is 5.59. The van der Waals surface area contributed by atoms with Crippen molar-refractivity contribution in [3.63, 3.8) is 0 Å². The van der Waals surface area contributed by atoms with E-state index in [0.717, 1.165) is 22.2 Å². The summed E-state index contributed by atoms with van der Waals surface area (Å²) >= 11 is 4.94. The average molecular weight is 335 g/mol. The molecule has 0 saturated heterocycles. The lowest BCUT2D eigenvalue weighted by Crippen LogP contribution is -2.13. The second-order valence-electron chi connectivity index (χ2n) is 5.04. The molecule has 1 nitrogen and oxygen atoms in total. The molecule has 0 N–H and O–H groups in total.